The van der Waals surface area contributed by atoms with Gasteiger partial charge in [-0.15, -0.1) is 0 Å². The summed E-state index contributed by atoms with van der Waals surface area (Å²) in [6, 6.07) is 4.90. The summed E-state index contributed by atoms with van der Waals surface area (Å²) in [7, 11) is -3.50. The summed E-state index contributed by atoms with van der Waals surface area (Å²) in [6.45, 7) is 3.57. The molecule has 0 bridgehead atoms. The van der Waals surface area contributed by atoms with E-state index in [1.54, 1.807) is 24.0 Å². The Kier molecular flexibility index (Phi) is 4.20. The van der Waals surface area contributed by atoms with Crippen molar-refractivity contribution in [1.29, 1.82) is 0 Å². The zero-order valence-corrected chi connectivity index (χ0v) is 13.4. The summed E-state index contributed by atoms with van der Waals surface area (Å²) in [6.07, 6.45) is 2.63. The van der Waals surface area contributed by atoms with Crippen molar-refractivity contribution in [3.63, 3.8) is 0 Å². The molecule has 6 nitrogen and oxygen atoms in total. The van der Waals surface area contributed by atoms with Gasteiger partial charge in [-0.25, -0.2) is 13.1 Å². The number of amides is 1. The van der Waals surface area contributed by atoms with Gasteiger partial charge in [0.2, 0.25) is 15.9 Å². The molecule has 3 rings (SSSR count). The molecule has 0 saturated carbocycles. The lowest BCUT2D eigenvalue weighted by molar-refractivity contribution is -0.120. The van der Waals surface area contributed by atoms with Gasteiger partial charge >= 0.3 is 0 Å². The lowest BCUT2D eigenvalue weighted by Crippen LogP contribution is -2.43. The highest BCUT2D eigenvalue weighted by Gasteiger charge is 2.32. The second kappa shape index (κ2) is 5.98. The van der Waals surface area contributed by atoms with E-state index in [0.29, 0.717) is 13.1 Å². The van der Waals surface area contributed by atoms with Crippen LogP contribution in [0.4, 0.5) is 5.69 Å². The molecule has 7 heteroatoms. The highest BCUT2D eigenvalue weighted by atomic mass is 32.2. The Bertz CT molecular complexity index is 681. The third kappa shape index (κ3) is 2.76. The number of carbonyl (C=O) groups excluding carboxylic acids is 1. The fraction of sp³-hybridized carbons (Fsp3) is 0.533. The highest BCUT2D eigenvalue weighted by Crippen LogP contribution is 2.31. The van der Waals surface area contributed by atoms with Crippen molar-refractivity contribution in [2.24, 2.45) is 0 Å². The second-order valence-electron chi connectivity index (χ2n) is 5.68. The average molecular weight is 323 g/mol. The molecule has 2 heterocycles. The Balaban J connectivity index is 1.90. The van der Waals surface area contributed by atoms with Crippen LogP contribution in [-0.4, -0.2) is 40.0 Å². The predicted octanol–water partition coefficient (Wildman–Crippen LogP) is 0.626. The molecule has 2 aliphatic heterocycles. The van der Waals surface area contributed by atoms with E-state index in [4.69, 9.17) is 0 Å². The third-order valence-corrected chi connectivity index (χ3v) is 5.76. The molecule has 0 spiro atoms. The number of fused-ring (bicyclic) bond motifs is 1. The van der Waals surface area contributed by atoms with E-state index in [-0.39, 0.29) is 16.8 Å². The first kappa shape index (κ1) is 15.5. The van der Waals surface area contributed by atoms with Crippen LogP contribution in [0.5, 0.6) is 0 Å². The van der Waals surface area contributed by atoms with Gasteiger partial charge in [0.05, 0.1) is 10.9 Å². The van der Waals surface area contributed by atoms with E-state index in [2.05, 4.69) is 10.0 Å². The summed E-state index contributed by atoms with van der Waals surface area (Å²) in [5.74, 6) is 0.0502. The lowest BCUT2D eigenvalue weighted by atomic mass is 10.1. The largest absolute Gasteiger partial charge is 0.310 e. The van der Waals surface area contributed by atoms with E-state index < -0.39 is 10.0 Å². The fourth-order valence-electron chi connectivity index (χ4n) is 3.11. The highest BCUT2D eigenvalue weighted by molar-refractivity contribution is 7.89. The minimum atomic E-state index is -3.50. The van der Waals surface area contributed by atoms with Gasteiger partial charge in [-0.3, -0.25) is 4.79 Å². The fourth-order valence-corrected chi connectivity index (χ4v) is 4.17. The topological polar surface area (TPSA) is 78.5 Å². The summed E-state index contributed by atoms with van der Waals surface area (Å²) >= 11 is 0. The molecule has 1 fully saturated rings. The molecule has 1 aromatic carbocycles. The molecule has 0 aromatic heterocycles. The first-order valence-corrected chi connectivity index (χ1v) is 9.18. The van der Waals surface area contributed by atoms with Crippen LogP contribution in [0.1, 0.15) is 25.3 Å². The smallest absolute Gasteiger partial charge is 0.244 e. The second-order valence-corrected chi connectivity index (χ2v) is 7.45. The van der Waals surface area contributed by atoms with Gasteiger partial charge in [-0.05, 0) is 43.5 Å². The summed E-state index contributed by atoms with van der Waals surface area (Å²) in [5, 5.41) is 3.21. The van der Waals surface area contributed by atoms with Crippen LogP contribution >= 0.6 is 0 Å². The van der Waals surface area contributed by atoms with Crippen LogP contribution in [0.25, 0.3) is 0 Å². The number of hydrogen-bond donors (Lipinski definition) is 2. The molecule has 1 aromatic rings. The van der Waals surface area contributed by atoms with Crippen LogP contribution in [0.2, 0.25) is 0 Å². The first-order chi connectivity index (χ1) is 10.5. The van der Waals surface area contributed by atoms with Gasteiger partial charge in [0, 0.05) is 18.8 Å². The zero-order chi connectivity index (χ0) is 15.7. The molecule has 1 saturated heterocycles. The van der Waals surface area contributed by atoms with E-state index in [1.165, 1.54) is 0 Å². The Morgan fingerprint density at radius 1 is 1.45 bits per heavy atom. The molecular weight excluding hydrogens is 302 g/mol. The van der Waals surface area contributed by atoms with Crippen molar-refractivity contribution < 1.29 is 13.2 Å². The Labute approximate surface area is 130 Å². The summed E-state index contributed by atoms with van der Waals surface area (Å²) < 4.78 is 26.8. The van der Waals surface area contributed by atoms with E-state index in [0.717, 1.165) is 37.1 Å². The maximum absolute atomic E-state index is 12.6. The van der Waals surface area contributed by atoms with Crippen LogP contribution in [0, 0.1) is 0 Å². The SMILES string of the molecule is CCNS(=O)(=O)c1ccc2c(c1)N(C(=O)C1CCCN1)CC2. The average Bonchev–Trinajstić information content (AvgIpc) is 3.15. The molecule has 1 unspecified atom stereocenters. The van der Waals surface area contributed by atoms with Crippen LogP contribution in [-0.2, 0) is 21.2 Å². The molecule has 1 atom stereocenters. The van der Waals surface area contributed by atoms with Crippen molar-refractivity contribution in [1.82, 2.24) is 10.0 Å². The third-order valence-electron chi connectivity index (χ3n) is 4.22. The monoisotopic (exact) mass is 323 g/mol. The quantitative estimate of drug-likeness (QED) is 0.852. The number of nitrogens with one attached hydrogen (secondary N) is 2. The number of sulfonamides is 1. The number of nitrogens with zero attached hydrogens (tertiary/aromatic N) is 1. The Hall–Kier alpha value is -1.44. The van der Waals surface area contributed by atoms with Gasteiger partial charge in [-0.2, -0.15) is 0 Å². The van der Waals surface area contributed by atoms with Crippen molar-refractivity contribution in [3.8, 4) is 0 Å². The van der Waals surface area contributed by atoms with E-state index >= 15 is 0 Å². The predicted molar refractivity (Wildman–Crippen MR) is 84.4 cm³/mol. The number of rotatable bonds is 4. The molecule has 22 heavy (non-hydrogen) atoms. The van der Waals surface area contributed by atoms with Crippen LogP contribution in [0.15, 0.2) is 23.1 Å². The Morgan fingerprint density at radius 3 is 2.95 bits per heavy atom. The minimum absolute atomic E-state index is 0.0502. The number of carbonyl (C=O) groups is 1. The van der Waals surface area contributed by atoms with Crippen LogP contribution < -0.4 is 14.9 Å². The number of hydrogen-bond acceptors (Lipinski definition) is 4. The van der Waals surface area contributed by atoms with E-state index in [9.17, 15) is 13.2 Å². The molecule has 0 radical (unpaired) electrons. The number of anilines is 1. The van der Waals surface area contributed by atoms with E-state index in [1.807, 2.05) is 6.07 Å². The standard InChI is InChI=1S/C15H21N3O3S/c1-2-17-22(20,21)12-6-5-11-7-9-18(14(11)10-12)15(19)13-4-3-8-16-13/h5-6,10,13,16-17H,2-4,7-9H2,1H3. The first-order valence-electron chi connectivity index (χ1n) is 7.70. The molecule has 2 N–H and O–H groups in total. The minimum Gasteiger partial charge on any atom is -0.310 e. The normalized spacial score (nSPS) is 21.1. The van der Waals surface area contributed by atoms with Crippen molar-refractivity contribution in [2.45, 2.75) is 37.1 Å². The molecule has 0 aliphatic carbocycles. The molecular formula is C15H21N3O3S. The molecule has 120 valence electrons. The lowest BCUT2D eigenvalue weighted by Gasteiger charge is -2.21. The molecule has 2 aliphatic rings. The summed E-state index contributed by atoms with van der Waals surface area (Å²) in [4.78, 5) is 14.5. The maximum atomic E-state index is 12.6. The maximum Gasteiger partial charge on any atom is 0.244 e. The van der Waals surface area contributed by atoms with Crippen LogP contribution in [0.3, 0.4) is 0 Å². The van der Waals surface area contributed by atoms with Gasteiger partial charge in [0.1, 0.15) is 0 Å². The van der Waals surface area contributed by atoms with Gasteiger partial charge in [-0.1, -0.05) is 13.0 Å². The summed E-state index contributed by atoms with van der Waals surface area (Å²) in [5.41, 5.74) is 1.76. The zero-order valence-electron chi connectivity index (χ0n) is 12.6. The van der Waals surface area contributed by atoms with Gasteiger partial charge in [0.15, 0.2) is 0 Å². The van der Waals surface area contributed by atoms with Crippen molar-refractivity contribution in [3.05, 3.63) is 23.8 Å². The molecule has 1 amide bonds. The Morgan fingerprint density at radius 2 is 2.27 bits per heavy atom. The number of benzene rings is 1. The van der Waals surface area contributed by atoms with Crippen molar-refractivity contribution >= 4 is 21.6 Å². The van der Waals surface area contributed by atoms with Crippen molar-refractivity contribution in [2.75, 3.05) is 24.5 Å². The van der Waals surface area contributed by atoms with Gasteiger partial charge in [0.25, 0.3) is 0 Å². The van der Waals surface area contributed by atoms with Gasteiger partial charge < -0.3 is 10.2 Å².